The van der Waals surface area contributed by atoms with Gasteiger partial charge >= 0.3 is 0 Å². The zero-order valence-electron chi connectivity index (χ0n) is 17.9. The summed E-state index contributed by atoms with van der Waals surface area (Å²) in [6, 6.07) is 4.69. The zero-order valence-corrected chi connectivity index (χ0v) is 17.9. The lowest BCUT2D eigenvalue weighted by Crippen LogP contribution is -2.20. The van der Waals surface area contributed by atoms with Gasteiger partial charge in [0.1, 0.15) is 23.1 Å². The molecule has 4 aromatic rings. The molecule has 1 aliphatic carbocycles. The maximum Gasteiger partial charge on any atom is 0.257 e. The first-order chi connectivity index (χ1) is 15.5. The van der Waals surface area contributed by atoms with Crippen LogP contribution in [0.5, 0.6) is 5.75 Å². The number of ether oxygens (including phenoxy) is 1. The molecule has 0 radical (unpaired) electrons. The molecule has 0 atom stereocenters. The summed E-state index contributed by atoms with van der Waals surface area (Å²) < 4.78 is 22.3. The van der Waals surface area contributed by atoms with Crippen LogP contribution < -0.4 is 9.64 Å². The summed E-state index contributed by atoms with van der Waals surface area (Å²) in [6.45, 7) is 5.22. The number of fused-ring (bicyclic) bond motifs is 4. The van der Waals surface area contributed by atoms with Crippen molar-refractivity contribution in [1.82, 2.24) is 24.6 Å². The highest BCUT2D eigenvalue weighted by atomic mass is 19.1. The molecule has 0 N–H and O–H groups in total. The fraction of sp³-hybridized carbons (Fsp3) is 0.333. The van der Waals surface area contributed by atoms with E-state index in [1.165, 1.54) is 12.1 Å². The van der Waals surface area contributed by atoms with Gasteiger partial charge in [-0.05, 0) is 51.3 Å². The van der Waals surface area contributed by atoms with E-state index >= 15 is 0 Å². The molecule has 0 bridgehead atoms. The number of aromatic nitrogens is 5. The smallest absolute Gasteiger partial charge is 0.257 e. The van der Waals surface area contributed by atoms with Crippen LogP contribution in [-0.4, -0.2) is 37.7 Å². The first-order valence-electron chi connectivity index (χ1n) is 10.7. The van der Waals surface area contributed by atoms with Crippen molar-refractivity contribution >= 4 is 28.2 Å². The molecule has 0 unspecified atom stereocenters. The van der Waals surface area contributed by atoms with Gasteiger partial charge in [-0.1, -0.05) is 11.8 Å². The first-order valence-corrected chi connectivity index (χ1v) is 10.7. The Morgan fingerprint density at radius 1 is 1.19 bits per heavy atom. The highest BCUT2D eigenvalue weighted by Gasteiger charge is 2.35. The third-order valence-electron chi connectivity index (χ3n) is 6.15. The average Bonchev–Trinajstić information content (AvgIpc) is 3.47. The zero-order chi connectivity index (χ0) is 21.9. The number of hydrogen-bond acceptors (Lipinski definition) is 6. The molecule has 0 amide bonds. The molecular weight excluding hydrogens is 407 g/mol. The molecule has 7 nitrogen and oxygen atoms in total. The summed E-state index contributed by atoms with van der Waals surface area (Å²) in [4.78, 5) is 11.3. The maximum atomic E-state index is 14.3. The van der Waals surface area contributed by atoms with Crippen molar-refractivity contribution in [3.63, 3.8) is 0 Å². The number of rotatable bonds is 1. The minimum absolute atomic E-state index is 0.0962. The maximum absolute atomic E-state index is 14.3. The van der Waals surface area contributed by atoms with E-state index in [9.17, 15) is 4.39 Å². The second kappa shape index (κ2) is 6.89. The van der Waals surface area contributed by atoms with Crippen molar-refractivity contribution in [1.29, 1.82) is 0 Å². The predicted molar refractivity (Wildman–Crippen MR) is 119 cm³/mol. The summed E-state index contributed by atoms with van der Waals surface area (Å²) in [5.74, 6) is 8.78. The van der Waals surface area contributed by atoms with Crippen LogP contribution >= 0.6 is 0 Å². The number of anilines is 2. The summed E-state index contributed by atoms with van der Waals surface area (Å²) in [5.41, 5.74) is 2.43. The van der Waals surface area contributed by atoms with Crippen molar-refractivity contribution in [3.8, 4) is 17.6 Å². The molecule has 32 heavy (non-hydrogen) atoms. The lowest BCUT2D eigenvalue weighted by atomic mass is 10.1. The monoisotopic (exact) mass is 428 g/mol. The summed E-state index contributed by atoms with van der Waals surface area (Å²) in [5, 5.41) is 9.06. The summed E-state index contributed by atoms with van der Waals surface area (Å²) in [6.07, 6.45) is 6.52. The van der Waals surface area contributed by atoms with Gasteiger partial charge in [0, 0.05) is 23.5 Å². The number of halogens is 1. The molecule has 8 heteroatoms. The molecular formula is C24H21FN6O. The first kappa shape index (κ1) is 19.0. The quantitative estimate of drug-likeness (QED) is 0.424. The number of benzene rings is 1. The Balaban J connectivity index is 1.58. The fourth-order valence-electron chi connectivity index (χ4n) is 4.09. The van der Waals surface area contributed by atoms with Crippen LogP contribution in [0, 0.1) is 30.0 Å². The molecule has 4 heterocycles. The average molecular weight is 428 g/mol. The van der Waals surface area contributed by atoms with Crippen LogP contribution in [0.15, 0.2) is 30.6 Å². The van der Waals surface area contributed by atoms with E-state index in [1.54, 1.807) is 18.5 Å². The van der Waals surface area contributed by atoms with E-state index < -0.39 is 0 Å². The molecule has 0 spiro atoms. The number of nitrogens with zero attached hydrogens (tertiary/aromatic N) is 6. The van der Waals surface area contributed by atoms with Crippen LogP contribution in [0.3, 0.4) is 0 Å². The van der Waals surface area contributed by atoms with Crippen LogP contribution in [0.25, 0.3) is 16.7 Å². The van der Waals surface area contributed by atoms with Gasteiger partial charge in [-0.3, -0.25) is 9.38 Å². The van der Waals surface area contributed by atoms with Crippen molar-refractivity contribution in [2.24, 2.45) is 5.41 Å². The fourth-order valence-corrected chi connectivity index (χ4v) is 4.09. The van der Waals surface area contributed by atoms with E-state index in [2.05, 4.69) is 33.9 Å². The second-order valence-electron chi connectivity index (χ2n) is 8.68. The molecule has 160 valence electrons. The standard InChI is InChI=1S/C24H21FN6O/c1-15-28-29-23-27-22(18-12-17(25)4-5-19(18)31(15)23)30-10-3-11-32-21-16(13-26-14-20(21)30)6-7-24(2)8-9-24/h4-5,12-14H,3,8-11H2,1-2H3. The Kier molecular flexibility index (Phi) is 4.09. The Hall–Kier alpha value is -3.73. The summed E-state index contributed by atoms with van der Waals surface area (Å²) >= 11 is 0. The molecule has 1 saturated carbocycles. The van der Waals surface area contributed by atoms with E-state index in [0.29, 0.717) is 41.7 Å². The van der Waals surface area contributed by atoms with Crippen molar-refractivity contribution in [3.05, 3.63) is 47.8 Å². The van der Waals surface area contributed by atoms with E-state index in [1.807, 2.05) is 16.2 Å². The Morgan fingerprint density at radius 2 is 2.06 bits per heavy atom. The molecule has 1 fully saturated rings. The Bertz CT molecular complexity index is 1450. The van der Waals surface area contributed by atoms with Crippen molar-refractivity contribution in [2.45, 2.75) is 33.1 Å². The number of aryl methyl sites for hydroxylation is 1. The number of pyridine rings is 1. The van der Waals surface area contributed by atoms with Gasteiger partial charge in [0.05, 0.1) is 23.9 Å². The molecule has 1 aromatic carbocycles. The normalized spacial score (nSPS) is 16.8. The van der Waals surface area contributed by atoms with Gasteiger partial charge in [0.25, 0.3) is 5.78 Å². The van der Waals surface area contributed by atoms with Gasteiger partial charge in [0.2, 0.25) is 0 Å². The number of hydrogen-bond donors (Lipinski definition) is 0. The van der Waals surface area contributed by atoms with Crippen LogP contribution in [0.2, 0.25) is 0 Å². The second-order valence-corrected chi connectivity index (χ2v) is 8.68. The molecule has 1 aliphatic heterocycles. The Morgan fingerprint density at radius 3 is 2.91 bits per heavy atom. The van der Waals surface area contributed by atoms with E-state index in [4.69, 9.17) is 9.72 Å². The molecule has 2 aliphatic rings. The highest BCUT2D eigenvalue weighted by Crippen LogP contribution is 2.45. The molecule has 3 aromatic heterocycles. The minimum Gasteiger partial charge on any atom is -0.490 e. The van der Waals surface area contributed by atoms with Crippen LogP contribution in [0.4, 0.5) is 15.9 Å². The minimum atomic E-state index is -0.327. The largest absolute Gasteiger partial charge is 0.490 e. The highest BCUT2D eigenvalue weighted by molar-refractivity contribution is 5.94. The Labute approximate surface area is 184 Å². The van der Waals surface area contributed by atoms with Crippen LogP contribution in [0.1, 0.15) is 37.6 Å². The lowest BCUT2D eigenvalue weighted by Gasteiger charge is -2.24. The van der Waals surface area contributed by atoms with Gasteiger partial charge in [-0.2, -0.15) is 4.98 Å². The third-order valence-corrected chi connectivity index (χ3v) is 6.15. The van der Waals surface area contributed by atoms with Crippen molar-refractivity contribution in [2.75, 3.05) is 18.1 Å². The third kappa shape index (κ3) is 3.04. The lowest BCUT2D eigenvalue weighted by molar-refractivity contribution is 0.321. The van der Waals surface area contributed by atoms with Gasteiger partial charge in [-0.15, -0.1) is 10.2 Å². The van der Waals surface area contributed by atoms with Crippen LogP contribution in [-0.2, 0) is 0 Å². The van der Waals surface area contributed by atoms with E-state index in [0.717, 1.165) is 36.0 Å². The summed E-state index contributed by atoms with van der Waals surface area (Å²) in [7, 11) is 0. The van der Waals surface area contributed by atoms with Gasteiger partial charge < -0.3 is 9.64 Å². The predicted octanol–water partition coefficient (Wildman–Crippen LogP) is 4.19. The molecule has 0 saturated heterocycles. The topological polar surface area (TPSA) is 68.4 Å². The van der Waals surface area contributed by atoms with Gasteiger partial charge in [0.15, 0.2) is 5.75 Å². The molecule has 6 rings (SSSR count). The van der Waals surface area contributed by atoms with Crippen molar-refractivity contribution < 1.29 is 9.13 Å². The van der Waals surface area contributed by atoms with E-state index in [-0.39, 0.29) is 11.2 Å². The SMILES string of the molecule is Cc1nnc2nc(N3CCCOc4c(C#CC5(C)CC5)cncc43)c3cc(F)ccc3n12. The van der Waals surface area contributed by atoms with Gasteiger partial charge in [-0.25, -0.2) is 4.39 Å².